The average Bonchev–Trinajstić information content (AvgIpc) is 2.38. The van der Waals surface area contributed by atoms with Crippen molar-refractivity contribution in [3.05, 3.63) is 29.8 Å². The highest BCUT2D eigenvalue weighted by molar-refractivity contribution is 5.80. The van der Waals surface area contributed by atoms with Crippen molar-refractivity contribution < 1.29 is 9.53 Å². The van der Waals surface area contributed by atoms with Crippen molar-refractivity contribution in [3.8, 4) is 5.75 Å². The smallest absolute Gasteiger partial charge is 0.274 e. The van der Waals surface area contributed by atoms with Crippen LogP contribution in [0.3, 0.4) is 0 Å². The van der Waals surface area contributed by atoms with E-state index in [0.29, 0.717) is 5.75 Å². The van der Waals surface area contributed by atoms with Crippen LogP contribution in [0.5, 0.6) is 5.75 Å². The number of hydrogen-bond acceptors (Lipinski definition) is 3. The normalized spacial score (nSPS) is 12.9. The van der Waals surface area contributed by atoms with Gasteiger partial charge in [0.2, 0.25) is 0 Å². The van der Waals surface area contributed by atoms with Gasteiger partial charge in [-0.2, -0.15) is 0 Å². The molecule has 3 N–H and O–H groups in total. The number of hydrazine groups is 1. The fourth-order valence-corrected chi connectivity index (χ4v) is 1.56. The molecule has 1 amide bonds. The van der Waals surface area contributed by atoms with Gasteiger partial charge in [0.05, 0.1) is 0 Å². The summed E-state index contributed by atoms with van der Waals surface area (Å²) in [5, 5.41) is 0. The first kappa shape index (κ1) is 14.5. The lowest BCUT2D eigenvalue weighted by atomic mass is 9.82. The van der Waals surface area contributed by atoms with Gasteiger partial charge in [-0.25, -0.2) is 5.84 Å². The maximum Gasteiger partial charge on any atom is 0.274 e. The fourth-order valence-electron chi connectivity index (χ4n) is 1.56. The van der Waals surface area contributed by atoms with Gasteiger partial charge in [0.1, 0.15) is 5.75 Å². The maximum absolute atomic E-state index is 11.2. The van der Waals surface area contributed by atoms with Gasteiger partial charge in [0.15, 0.2) is 6.10 Å². The lowest BCUT2D eigenvalue weighted by Crippen LogP contribution is -2.40. The Bertz CT molecular complexity index is 399. The van der Waals surface area contributed by atoms with Gasteiger partial charge in [0.25, 0.3) is 5.91 Å². The molecule has 0 radical (unpaired) electrons. The van der Waals surface area contributed by atoms with E-state index < -0.39 is 6.10 Å². The van der Waals surface area contributed by atoms with Gasteiger partial charge < -0.3 is 4.74 Å². The van der Waals surface area contributed by atoms with Crippen LogP contribution in [0.1, 0.15) is 39.7 Å². The molecule has 1 unspecified atom stereocenters. The van der Waals surface area contributed by atoms with Crippen molar-refractivity contribution in [3.63, 3.8) is 0 Å². The molecule has 0 fully saturated rings. The third kappa shape index (κ3) is 3.47. The molecule has 0 aliphatic rings. The molecule has 0 bridgehead atoms. The molecule has 0 spiro atoms. The van der Waals surface area contributed by atoms with E-state index in [-0.39, 0.29) is 11.3 Å². The first-order valence-corrected chi connectivity index (χ1v) is 6.18. The van der Waals surface area contributed by atoms with Crippen LogP contribution < -0.4 is 16.0 Å². The van der Waals surface area contributed by atoms with Crippen LogP contribution in [0.2, 0.25) is 0 Å². The maximum atomic E-state index is 11.2. The summed E-state index contributed by atoms with van der Waals surface area (Å²) >= 11 is 0. The summed E-state index contributed by atoms with van der Waals surface area (Å²) in [5.41, 5.74) is 3.48. The largest absolute Gasteiger partial charge is 0.481 e. The van der Waals surface area contributed by atoms with E-state index in [1.807, 2.05) is 24.3 Å². The number of hydrogen-bond donors (Lipinski definition) is 2. The Hall–Kier alpha value is -1.55. The Balaban J connectivity index is 2.75. The summed E-state index contributed by atoms with van der Waals surface area (Å²) in [6, 6.07) is 7.83. The average molecular weight is 250 g/mol. The van der Waals surface area contributed by atoms with Crippen LogP contribution in [0.25, 0.3) is 0 Å². The fraction of sp³-hybridized carbons (Fsp3) is 0.500. The summed E-state index contributed by atoms with van der Waals surface area (Å²) in [6.07, 6.45) is 0.471. The third-order valence-corrected chi connectivity index (χ3v) is 3.34. The summed E-state index contributed by atoms with van der Waals surface area (Å²) in [4.78, 5) is 11.2. The molecule has 4 nitrogen and oxygen atoms in total. The van der Waals surface area contributed by atoms with E-state index >= 15 is 0 Å². The second-order valence-electron chi connectivity index (χ2n) is 5.03. The van der Waals surface area contributed by atoms with Crippen molar-refractivity contribution >= 4 is 5.91 Å². The zero-order valence-electron chi connectivity index (χ0n) is 11.5. The number of amides is 1. The van der Waals surface area contributed by atoms with Gasteiger partial charge in [-0.15, -0.1) is 0 Å². The number of ether oxygens (including phenoxy) is 1. The molecule has 0 aliphatic carbocycles. The molecule has 0 saturated carbocycles. The predicted molar refractivity (Wildman–Crippen MR) is 72.2 cm³/mol. The first-order valence-electron chi connectivity index (χ1n) is 6.18. The third-order valence-electron chi connectivity index (χ3n) is 3.34. The van der Waals surface area contributed by atoms with Gasteiger partial charge >= 0.3 is 0 Å². The minimum atomic E-state index is -0.597. The van der Waals surface area contributed by atoms with Crippen LogP contribution in [0.15, 0.2) is 24.3 Å². The summed E-state index contributed by atoms with van der Waals surface area (Å²) in [5.74, 6) is 5.37. The lowest BCUT2D eigenvalue weighted by molar-refractivity contribution is -0.127. The predicted octanol–water partition coefficient (Wildman–Crippen LogP) is 2.13. The van der Waals surface area contributed by atoms with Crippen molar-refractivity contribution in [1.29, 1.82) is 0 Å². The molecule has 4 heteroatoms. The molecule has 0 heterocycles. The molecular weight excluding hydrogens is 228 g/mol. The van der Waals surface area contributed by atoms with Crippen molar-refractivity contribution in [2.24, 2.45) is 5.84 Å². The summed E-state index contributed by atoms with van der Waals surface area (Å²) < 4.78 is 5.48. The van der Waals surface area contributed by atoms with Crippen molar-refractivity contribution in [2.45, 2.75) is 45.6 Å². The van der Waals surface area contributed by atoms with Gasteiger partial charge in [-0.3, -0.25) is 10.2 Å². The Morgan fingerprint density at radius 2 is 1.94 bits per heavy atom. The second kappa shape index (κ2) is 5.87. The molecule has 0 saturated heterocycles. The van der Waals surface area contributed by atoms with Gasteiger partial charge in [-0.05, 0) is 36.5 Å². The highest BCUT2D eigenvalue weighted by atomic mass is 16.5. The van der Waals surface area contributed by atoms with Crippen LogP contribution in [0.4, 0.5) is 0 Å². The zero-order valence-corrected chi connectivity index (χ0v) is 11.5. The SMILES string of the molecule is CCC(C)(C)c1ccc(OC(C)C(=O)NN)cc1. The van der Waals surface area contributed by atoms with E-state index in [4.69, 9.17) is 10.6 Å². The second-order valence-corrected chi connectivity index (χ2v) is 5.03. The van der Waals surface area contributed by atoms with E-state index in [2.05, 4.69) is 26.2 Å². The van der Waals surface area contributed by atoms with E-state index in [1.165, 1.54) is 5.56 Å². The van der Waals surface area contributed by atoms with Gasteiger partial charge in [-0.1, -0.05) is 32.9 Å². The van der Waals surface area contributed by atoms with E-state index in [1.54, 1.807) is 6.92 Å². The number of rotatable bonds is 5. The minimum absolute atomic E-state index is 0.152. The highest BCUT2D eigenvalue weighted by Crippen LogP contribution is 2.28. The molecule has 0 aliphatic heterocycles. The number of nitrogens with one attached hydrogen (secondary N) is 1. The topological polar surface area (TPSA) is 64.3 Å². The monoisotopic (exact) mass is 250 g/mol. The highest BCUT2D eigenvalue weighted by Gasteiger charge is 2.18. The van der Waals surface area contributed by atoms with Gasteiger partial charge in [0, 0.05) is 0 Å². The van der Waals surface area contributed by atoms with E-state index in [9.17, 15) is 4.79 Å². The van der Waals surface area contributed by atoms with Crippen LogP contribution >= 0.6 is 0 Å². The molecule has 1 aromatic carbocycles. The number of carbonyl (C=O) groups excluding carboxylic acids is 1. The number of benzene rings is 1. The Labute approximate surface area is 108 Å². The minimum Gasteiger partial charge on any atom is -0.481 e. The lowest BCUT2D eigenvalue weighted by Gasteiger charge is -2.23. The molecular formula is C14H22N2O2. The van der Waals surface area contributed by atoms with Crippen LogP contribution in [-0.4, -0.2) is 12.0 Å². The summed E-state index contributed by atoms with van der Waals surface area (Å²) in [6.45, 7) is 8.23. The summed E-state index contributed by atoms with van der Waals surface area (Å²) in [7, 11) is 0. The number of nitrogens with two attached hydrogens (primary N) is 1. The number of carbonyl (C=O) groups is 1. The Morgan fingerprint density at radius 3 is 2.39 bits per heavy atom. The van der Waals surface area contributed by atoms with E-state index in [0.717, 1.165) is 6.42 Å². The molecule has 18 heavy (non-hydrogen) atoms. The molecule has 1 aromatic rings. The van der Waals surface area contributed by atoms with Crippen LogP contribution in [0, 0.1) is 0 Å². The van der Waals surface area contributed by atoms with Crippen molar-refractivity contribution in [1.82, 2.24) is 5.43 Å². The molecule has 1 atom stereocenters. The standard InChI is InChI=1S/C14H22N2O2/c1-5-14(3,4)11-6-8-12(9-7-11)18-10(2)13(17)16-15/h6-10H,5,15H2,1-4H3,(H,16,17). The Morgan fingerprint density at radius 1 is 1.39 bits per heavy atom. The first-order chi connectivity index (χ1) is 8.40. The molecule has 0 aromatic heterocycles. The van der Waals surface area contributed by atoms with Crippen molar-refractivity contribution in [2.75, 3.05) is 0 Å². The van der Waals surface area contributed by atoms with Crippen LogP contribution in [-0.2, 0) is 10.2 Å². The molecule has 1 rings (SSSR count). The molecule has 100 valence electrons. The Kier molecular flexibility index (Phi) is 4.73. The zero-order chi connectivity index (χ0) is 13.8. The quantitative estimate of drug-likeness (QED) is 0.478.